The average molecular weight is 62.0 g/mol. The summed E-state index contributed by atoms with van der Waals surface area (Å²) in [4.78, 5) is 0. The van der Waals surface area contributed by atoms with Crippen molar-refractivity contribution in [3.63, 3.8) is 0 Å². The molecule has 0 N–H and O–H groups in total. The summed E-state index contributed by atoms with van der Waals surface area (Å²) in [6.07, 6.45) is 2.08. The summed E-state index contributed by atoms with van der Waals surface area (Å²) in [5.74, 6) is 0. The van der Waals surface area contributed by atoms with Gasteiger partial charge in [0.15, 0.2) is 0 Å². The van der Waals surface area contributed by atoms with E-state index in [1.807, 2.05) is 6.92 Å². The minimum absolute atomic E-state index is 1.38. The van der Waals surface area contributed by atoms with Crippen molar-refractivity contribution in [2.45, 2.75) is 13.8 Å². The number of allylic oxidation sites excluding steroid dienone is 2. The molecule has 0 heterocycles. The van der Waals surface area contributed by atoms with E-state index in [2.05, 4.69) is 30.7 Å². The van der Waals surface area contributed by atoms with Crippen LogP contribution >= 0.6 is 0 Å². The van der Waals surface area contributed by atoms with E-state index in [9.17, 15) is 0 Å². The molecule has 0 atom stereocenters. The molecule has 0 spiro atoms. The third-order valence-electron chi connectivity index (χ3n) is 0.577. The van der Waals surface area contributed by atoms with Gasteiger partial charge in [0.2, 0.25) is 0 Å². The molecule has 0 bridgehead atoms. The van der Waals surface area contributed by atoms with Crippen LogP contribution in [-0.2, 0) is 0 Å². The maximum atomic E-state index is 2.08. The number of hydrogen-bond donors (Lipinski definition) is 0. The van der Waals surface area contributed by atoms with Crippen molar-refractivity contribution in [2.75, 3.05) is 0 Å². The van der Waals surface area contributed by atoms with Gasteiger partial charge in [-0.25, -0.2) is 0 Å². The molecule has 24 valence electrons. The fraction of sp³-hybridized carbons (Fsp3) is 0.500. The predicted octanol–water partition coefficient (Wildman–Crippen LogP) is 1.08. The van der Waals surface area contributed by atoms with E-state index in [-0.39, 0.29) is 0 Å². The molecule has 0 radical (unpaired) electrons. The molecular formula is C4H7Li. The van der Waals surface area contributed by atoms with Gasteiger partial charge in [0.25, 0.3) is 0 Å². The van der Waals surface area contributed by atoms with Gasteiger partial charge in [0.1, 0.15) is 0 Å². The predicted molar refractivity (Wildman–Crippen MR) is 25.2 cm³/mol. The zero-order chi connectivity index (χ0) is 4.28. The van der Waals surface area contributed by atoms with Crippen LogP contribution in [0.15, 0.2) is 10.3 Å². The molecule has 0 rings (SSSR count). The topological polar surface area (TPSA) is 0 Å². The second-order valence-electron chi connectivity index (χ2n) is 1.37. The van der Waals surface area contributed by atoms with Gasteiger partial charge in [-0.1, -0.05) is 0 Å². The SMILES string of the molecule is [Li]/[C](C)=C/C. The Hall–Kier alpha value is 0.337. The van der Waals surface area contributed by atoms with Crippen LogP contribution in [0.5, 0.6) is 0 Å². The van der Waals surface area contributed by atoms with E-state index in [0.717, 1.165) is 0 Å². The second kappa shape index (κ2) is 2.57. The summed E-state index contributed by atoms with van der Waals surface area (Å²) >= 11 is 2.08. The third-order valence-corrected chi connectivity index (χ3v) is 0.577. The summed E-state index contributed by atoms with van der Waals surface area (Å²) in [5.41, 5.74) is 0. The Labute approximate surface area is 42.5 Å². The van der Waals surface area contributed by atoms with Crippen molar-refractivity contribution in [3.05, 3.63) is 10.3 Å². The zero-order valence-electron chi connectivity index (χ0n) is 4.08. The Kier molecular flexibility index (Phi) is 2.74. The van der Waals surface area contributed by atoms with Crippen molar-refractivity contribution in [3.8, 4) is 0 Å². The fourth-order valence-electron chi connectivity index (χ4n) is 0. The van der Waals surface area contributed by atoms with E-state index < -0.39 is 0 Å². The van der Waals surface area contributed by atoms with E-state index >= 15 is 0 Å². The first-order valence-corrected chi connectivity index (χ1v) is 1.87. The molecule has 0 saturated heterocycles. The monoisotopic (exact) mass is 62.1 g/mol. The van der Waals surface area contributed by atoms with Gasteiger partial charge in [-0.05, 0) is 0 Å². The van der Waals surface area contributed by atoms with Crippen LogP contribution < -0.4 is 0 Å². The first-order valence-electron chi connectivity index (χ1n) is 1.87. The molecule has 0 unspecified atom stereocenters. The molecule has 0 aromatic heterocycles. The van der Waals surface area contributed by atoms with Crippen molar-refractivity contribution in [2.24, 2.45) is 0 Å². The van der Waals surface area contributed by atoms with Gasteiger partial charge in [-0.15, -0.1) is 0 Å². The Bertz CT molecular complexity index is 41.6. The van der Waals surface area contributed by atoms with Crippen LogP contribution in [0.1, 0.15) is 13.8 Å². The van der Waals surface area contributed by atoms with Crippen LogP contribution in [0.25, 0.3) is 0 Å². The Morgan fingerprint density at radius 1 is 1.80 bits per heavy atom. The van der Waals surface area contributed by atoms with Crippen LogP contribution in [0, 0.1) is 0 Å². The molecular weight excluding hydrogens is 55.0 g/mol. The Morgan fingerprint density at radius 3 is 2.00 bits per heavy atom. The molecule has 0 aliphatic heterocycles. The van der Waals surface area contributed by atoms with Crippen LogP contribution in [0.2, 0.25) is 0 Å². The molecule has 5 heavy (non-hydrogen) atoms. The average Bonchev–Trinajstić information content (AvgIpc) is 1.38. The number of hydrogen-bond acceptors (Lipinski definition) is 0. The Balaban J connectivity index is 3.14. The summed E-state index contributed by atoms with van der Waals surface area (Å²) in [5, 5.41) is 0. The summed E-state index contributed by atoms with van der Waals surface area (Å²) in [7, 11) is 0. The van der Waals surface area contributed by atoms with E-state index in [4.69, 9.17) is 0 Å². The van der Waals surface area contributed by atoms with E-state index in [1.165, 1.54) is 4.25 Å². The van der Waals surface area contributed by atoms with Crippen molar-refractivity contribution in [1.29, 1.82) is 0 Å². The fourth-order valence-corrected chi connectivity index (χ4v) is 0. The first-order chi connectivity index (χ1) is 2.27. The third kappa shape index (κ3) is 4.34. The van der Waals surface area contributed by atoms with Crippen molar-refractivity contribution >= 4 is 17.7 Å². The van der Waals surface area contributed by atoms with Crippen molar-refractivity contribution in [1.82, 2.24) is 0 Å². The molecule has 0 aromatic rings. The summed E-state index contributed by atoms with van der Waals surface area (Å²) < 4.78 is 1.38. The molecule has 0 nitrogen and oxygen atoms in total. The Morgan fingerprint density at radius 2 is 2.00 bits per heavy atom. The minimum atomic E-state index is 1.38. The second-order valence-corrected chi connectivity index (χ2v) is 1.37. The number of rotatable bonds is 0. The van der Waals surface area contributed by atoms with Gasteiger partial charge in [-0.3, -0.25) is 0 Å². The quantitative estimate of drug-likeness (QED) is 0.368. The van der Waals surface area contributed by atoms with Gasteiger partial charge in [-0.2, -0.15) is 0 Å². The molecule has 0 amide bonds. The van der Waals surface area contributed by atoms with Gasteiger partial charge < -0.3 is 0 Å². The molecule has 0 aliphatic carbocycles. The molecule has 0 saturated carbocycles. The van der Waals surface area contributed by atoms with Gasteiger partial charge >= 0.3 is 41.9 Å². The molecule has 0 aliphatic rings. The normalized spacial score (nSPS) is 12.4. The standard InChI is InChI=1S/C4H7.Li/c1-3-4-2;/h3H,1-2H3;. The van der Waals surface area contributed by atoms with E-state index in [0.29, 0.717) is 0 Å². The zero-order valence-corrected chi connectivity index (χ0v) is 4.08. The maximum absolute atomic E-state index is 2.08. The first kappa shape index (κ1) is 5.34. The summed E-state index contributed by atoms with van der Waals surface area (Å²) in [6.45, 7) is 4.12. The van der Waals surface area contributed by atoms with E-state index in [1.54, 1.807) is 0 Å². The summed E-state index contributed by atoms with van der Waals surface area (Å²) in [6, 6.07) is 0. The van der Waals surface area contributed by atoms with Crippen LogP contribution in [0.3, 0.4) is 0 Å². The van der Waals surface area contributed by atoms with Crippen molar-refractivity contribution < 1.29 is 0 Å². The van der Waals surface area contributed by atoms with Gasteiger partial charge in [0.05, 0.1) is 0 Å². The molecule has 0 aromatic carbocycles. The van der Waals surface area contributed by atoms with Crippen LogP contribution in [0.4, 0.5) is 0 Å². The van der Waals surface area contributed by atoms with Gasteiger partial charge in [0, 0.05) is 0 Å². The molecule has 0 fully saturated rings. The molecule has 1 heteroatoms. The van der Waals surface area contributed by atoms with Crippen LogP contribution in [-0.4, -0.2) is 17.7 Å².